The van der Waals surface area contributed by atoms with E-state index in [4.69, 9.17) is 18.5 Å². The molecule has 0 rings (SSSR count). The smallest absolute Gasteiger partial charge is 0.306 e. The first-order valence-electron chi connectivity index (χ1n) is 32.3. The molecule has 446 valence electrons. The van der Waals surface area contributed by atoms with Crippen LogP contribution in [0.1, 0.15) is 309 Å². The molecule has 0 aromatic rings. The van der Waals surface area contributed by atoms with Gasteiger partial charge in [-0.2, -0.15) is 0 Å². The second-order valence-electron chi connectivity index (χ2n) is 23.1. The van der Waals surface area contributed by atoms with Crippen LogP contribution in [0.25, 0.3) is 0 Å². The maximum Gasteiger partial charge on any atom is 0.306 e. The van der Waals surface area contributed by atoms with Gasteiger partial charge in [-0.25, -0.2) is 0 Å². The van der Waals surface area contributed by atoms with Gasteiger partial charge in [0.05, 0.1) is 27.7 Å². The summed E-state index contributed by atoms with van der Waals surface area (Å²) >= 11 is 0. The summed E-state index contributed by atoms with van der Waals surface area (Å²) in [5.74, 6) is -0.836. The van der Waals surface area contributed by atoms with Crippen molar-refractivity contribution in [2.75, 3.05) is 47.5 Å². The molecule has 0 aromatic heterocycles. The number of carbonyl (C=O) groups excluding carboxylic acids is 2. The van der Waals surface area contributed by atoms with E-state index >= 15 is 0 Å². The van der Waals surface area contributed by atoms with Gasteiger partial charge in [-0.05, 0) is 77.0 Å². The minimum atomic E-state index is -4.64. The first-order valence-corrected chi connectivity index (χ1v) is 33.8. The van der Waals surface area contributed by atoms with E-state index in [1.165, 1.54) is 205 Å². The molecule has 2 atom stereocenters. The summed E-state index contributed by atoms with van der Waals surface area (Å²) in [4.78, 5) is 37.9. The van der Waals surface area contributed by atoms with Crippen molar-refractivity contribution < 1.29 is 42.1 Å². The van der Waals surface area contributed by atoms with Crippen LogP contribution >= 0.6 is 7.82 Å². The van der Waals surface area contributed by atoms with Crippen LogP contribution in [0.4, 0.5) is 0 Å². The fourth-order valence-corrected chi connectivity index (χ4v) is 10.0. The van der Waals surface area contributed by atoms with E-state index in [-0.39, 0.29) is 32.0 Å². The molecule has 10 heteroatoms. The lowest BCUT2D eigenvalue weighted by Gasteiger charge is -2.28. The first-order chi connectivity index (χ1) is 37.0. The molecule has 0 fully saturated rings. The van der Waals surface area contributed by atoms with Crippen LogP contribution in [-0.4, -0.2) is 70.0 Å². The lowest BCUT2D eigenvalue weighted by molar-refractivity contribution is -0.870. The summed E-state index contributed by atoms with van der Waals surface area (Å²) in [6, 6.07) is 0. The molecule has 0 saturated carbocycles. The average Bonchev–Trinajstić information content (AvgIpc) is 3.38. The molecule has 0 radical (unpaired) electrons. The second-order valence-corrected chi connectivity index (χ2v) is 24.5. The van der Waals surface area contributed by atoms with Gasteiger partial charge in [0.1, 0.15) is 19.8 Å². The Labute approximate surface area is 471 Å². The Morgan fingerprint density at radius 1 is 0.408 bits per heavy atom. The molecule has 0 aliphatic carbocycles. The van der Waals surface area contributed by atoms with Crippen LogP contribution in [0.3, 0.4) is 0 Å². The lowest BCUT2D eigenvalue weighted by Crippen LogP contribution is -2.37. The predicted molar refractivity (Wildman–Crippen MR) is 324 cm³/mol. The highest BCUT2D eigenvalue weighted by Gasteiger charge is 2.22. The molecule has 0 saturated heterocycles. The number of unbranched alkanes of at least 4 members (excludes halogenated alkanes) is 38. The summed E-state index contributed by atoms with van der Waals surface area (Å²) in [5, 5.41) is 0. The number of carbonyl (C=O) groups is 2. The topological polar surface area (TPSA) is 111 Å². The number of nitrogens with zero attached hydrogens (tertiary/aromatic N) is 1. The molecule has 0 bridgehead atoms. The number of quaternary nitrogens is 1. The Bertz CT molecular complexity index is 1420. The molecule has 0 aromatic carbocycles. The van der Waals surface area contributed by atoms with E-state index in [0.717, 1.165) is 70.6 Å². The van der Waals surface area contributed by atoms with Gasteiger partial charge in [0, 0.05) is 12.8 Å². The lowest BCUT2D eigenvalue weighted by atomic mass is 10.0. The van der Waals surface area contributed by atoms with Crippen LogP contribution in [0.15, 0.2) is 48.6 Å². The third-order valence-corrected chi connectivity index (χ3v) is 15.3. The average molecular weight is 1090 g/mol. The van der Waals surface area contributed by atoms with Crippen molar-refractivity contribution in [3.05, 3.63) is 48.6 Å². The van der Waals surface area contributed by atoms with Crippen molar-refractivity contribution in [3.8, 4) is 0 Å². The largest absolute Gasteiger partial charge is 0.756 e. The Hall–Kier alpha value is -2.03. The van der Waals surface area contributed by atoms with Gasteiger partial charge in [-0.15, -0.1) is 0 Å². The van der Waals surface area contributed by atoms with Gasteiger partial charge in [0.15, 0.2) is 6.10 Å². The summed E-state index contributed by atoms with van der Waals surface area (Å²) in [6.07, 6.45) is 73.2. The van der Waals surface area contributed by atoms with Gasteiger partial charge < -0.3 is 27.9 Å². The van der Waals surface area contributed by atoms with E-state index in [1.807, 2.05) is 21.1 Å². The fraction of sp³-hybridized carbons (Fsp3) is 0.848. The summed E-state index contributed by atoms with van der Waals surface area (Å²) < 4.78 is 34.2. The van der Waals surface area contributed by atoms with Crippen LogP contribution in [0.5, 0.6) is 0 Å². The third-order valence-electron chi connectivity index (χ3n) is 14.3. The number of phosphoric acid groups is 1. The Morgan fingerprint density at radius 3 is 1.07 bits per heavy atom. The highest BCUT2D eigenvalue weighted by atomic mass is 31.2. The standard InChI is InChI=1S/C66H124NO8P/c1-6-8-10-12-14-16-18-20-22-24-26-28-29-30-31-32-33-34-35-36-37-39-40-42-44-46-48-50-52-54-56-58-65(68)72-62-64(63-74-76(70,71)73-61-60-67(3,4)5)75-66(69)59-57-55-53-51-49-47-45-43-41-38-27-25-23-21-19-17-15-13-11-9-7-2/h19,21,24-27,41,43,64H,6-18,20,22-23,28-40,42,44-63H2,1-5H3/b21-19-,26-24-,27-25-,43-41-. The zero-order chi connectivity index (χ0) is 55.6. The molecule has 0 spiro atoms. The minimum absolute atomic E-state index is 0.0334. The van der Waals surface area contributed by atoms with E-state index in [2.05, 4.69) is 62.5 Å². The molecule has 9 nitrogen and oxygen atoms in total. The minimum Gasteiger partial charge on any atom is -0.756 e. The van der Waals surface area contributed by atoms with E-state index in [1.54, 1.807) is 0 Å². The zero-order valence-electron chi connectivity index (χ0n) is 50.7. The van der Waals surface area contributed by atoms with E-state index in [9.17, 15) is 19.0 Å². The molecule has 0 aliphatic rings. The number of rotatable bonds is 60. The number of ether oxygens (including phenoxy) is 2. The van der Waals surface area contributed by atoms with Crippen molar-refractivity contribution >= 4 is 19.8 Å². The van der Waals surface area contributed by atoms with Gasteiger partial charge in [0.25, 0.3) is 7.82 Å². The summed E-state index contributed by atoms with van der Waals surface area (Å²) in [6.45, 7) is 4.25. The zero-order valence-corrected chi connectivity index (χ0v) is 51.6. The fourth-order valence-electron chi connectivity index (χ4n) is 9.31. The number of allylic oxidation sites excluding steroid dienone is 8. The summed E-state index contributed by atoms with van der Waals surface area (Å²) in [5.41, 5.74) is 0. The molecule has 2 unspecified atom stereocenters. The SMILES string of the molecule is CCCCCCC/C=C\C/C=C\C/C=C\CCCCCCCCC(=O)OC(COC(=O)CCCCCCCCCCCCCCCCCCCCC/C=C\CCCCCCCCCC)COP(=O)([O-])OCC[N+](C)(C)C. The maximum atomic E-state index is 12.8. The van der Waals surface area contributed by atoms with E-state index < -0.39 is 26.5 Å². The number of phosphoric ester groups is 1. The van der Waals surface area contributed by atoms with Crippen molar-refractivity contribution in [2.24, 2.45) is 0 Å². The van der Waals surface area contributed by atoms with Crippen molar-refractivity contribution in [1.82, 2.24) is 0 Å². The molecular weight excluding hydrogens is 966 g/mol. The Kier molecular flexibility index (Phi) is 56.1. The van der Waals surface area contributed by atoms with Crippen LogP contribution in [0, 0.1) is 0 Å². The molecule has 0 heterocycles. The highest BCUT2D eigenvalue weighted by Crippen LogP contribution is 2.38. The number of likely N-dealkylation sites (N-methyl/N-ethyl adjacent to an activating group) is 1. The normalized spacial score (nSPS) is 13.5. The predicted octanol–water partition coefficient (Wildman–Crippen LogP) is 19.9. The Balaban J connectivity index is 4.05. The van der Waals surface area contributed by atoms with Crippen LogP contribution in [-0.2, 0) is 32.7 Å². The number of esters is 2. The van der Waals surface area contributed by atoms with Gasteiger partial charge in [-0.3, -0.25) is 14.2 Å². The maximum absolute atomic E-state index is 12.8. The number of hydrogen-bond acceptors (Lipinski definition) is 8. The number of hydrogen-bond donors (Lipinski definition) is 0. The van der Waals surface area contributed by atoms with E-state index in [0.29, 0.717) is 17.4 Å². The van der Waals surface area contributed by atoms with Crippen LogP contribution in [0.2, 0.25) is 0 Å². The molecule has 0 amide bonds. The second kappa shape index (κ2) is 57.6. The van der Waals surface area contributed by atoms with Gasteiger partial charge in [-0.1, -0.05) is 268 Å². The monoisotopic (exact) mass is 1090 g/mol. The van der Waals surface area contributed by atoms with Crippen molar-refractivity contribution in [1.29, 1.82) is 0 Å². The van der Waals surface area contributed by atoms with Gasteiger partial charge in [0.2, 0.25) is 0 Å². The van der Waals surface area contributed by atoms with Crippen LogP contribution < -0.4 is 4.89 Å². The van der Waals surface area contributed by atoms with Gasteiger partial charge >= 0.3 is 11.9 Å². The molecule has 0 aliphatic heterocycles. The molecule has 0 N–H and O–H groups in total. The highest BCUT2D eigenvalue weighted by molar-refractivity contribution is 7.45. The summed E-state index contributed by atoms with van der Waals surface area (Å²) in [7, 11) is 1.16. The quantitative estimate of drug-likeness (QED) is 0.0195. The molecular formula is C66H124NO8P. The van der Waals surface area contributed by atoms with Crippen molar-refractivity contribution in [3.63, 3.8) is 0 Å². The Morgan fingerprint density at radius 2 is 0.711 bits per heavy atom. The first kappa shape index (κ1) is 74.0. The molecule has 76 heavy (non-hydrogen) atoms. The third kappa shape index (κ3) is 61.2. The van der Waals surface area contributed by atoms with Crippen molar-refractivity contribution in [2.45, 2.75) is 315 Å².